The zero-order chi connectivity index (χ0) is 20.6. The van der Waals surface area contributed by atoms with E-state index < -0.39 is 0 Å². The highest BCUT2D eigenvalue weighted by Gasteiger charge is 2.19. The van der Waals surface area contributed by atoms with Gasteiger partial charge in [-0.3, -0.25) is 14.2 Å². The maximum absolute atomic E-state index is 13.0. The number of aryl methyl sites for hydroxylation is 3. The number of thiophene rings is 1. The van der Waals surface area contributed by atoms with Crippen molar-refractivity contribution in [2.24, 2.45) is 0 Å². The fourth-order valence-corrected chi connectivity index (χ4v) is 5.06. The van der Waals surface area contributed by atoms with Crippen LogP contribution in [0.2, 0.25) is 5.02 Å². The van der Waals surface area contributed by atoms with E-state index in [1.165, 1.54) is 23.1 Å². The van der Waals surface area contributed by atoms with E-state index in [-0.39, 0.29) is 23.3 Å². The summed E-state index contributed by atoms with van der Waals surface area (Å²) < 4.78 is 1.67. The molecule has 1 N–H and O–H groups in total. The Bertz CT molecular complexity index is 1120. The largest absolute Gasteiger partial charge is 0.325 e. The number of hydrogen-bond acceptors (Lipinski definition) is 5. The fourth-order valence-electron chi connectivity index (χ4n) is 2.89. The summed E-state index contributed by atoms with van der Waals surface area (Å²) in [5, 5.41) is 4.69. The summed E-state index contributed by atoms with van der Waals surface area (Å²) in [6.45, 7) is 9.75. The van der Waals surface area contributed by atoms with E-state index in [4.69, 9.17) is 16.6 Å². The number of nitrogens with zero attached hydrogens (tertiary/aromatic N) is 2. The first-order valence-electron chi connectivity index (χ1n) is 8.90. The monoisotopic (exact) mass is 435 g/mol. The van der Waals surface area contributed by atoms with E-state index in [1.54, 1.807) is 16.7 Å². The lowest BCUT2D eigenvalue weighted by molar-refractivity contribution is -0.113. The molecule has 2 aromatic heterocycles. The summed E-state index contributed by atoms with van der Waals surface area (Å²) in [6, 6.07) is 5.32. The molecule has 0 atom stereocenters. The van der Waals surface area contributed by atoms with Crippen molar-refractivity contribution in [2.45, 2.75) is 45.8 Å². The van der Waals surface area contributed by atoms with Gasteiger partial charge in [-0.2, -0.15) is 0 Å². The zero-order valence-electron chi connectivity index (χ0n) is 16.4. The molecule has 0 unspecified atom stereocenters. The third-order valence-electron chi connectivity index (χ3n) is 4.53. The maximum atomic E-state index is 13.0. The zero-order valence-corrected chi connectivity index (χ0v) is 18.8. The molecule has 0 radical (unpaired) electrons. The average Bonchev–Trinajstić information content (AvgIpc) is 2.90. The van der Waals surface area contributed by atoms with Gasteiger partial charge in [0.25, 0.3) is 5.56 Å². The van der Waals surface area contributed by atoms with Gasteiger partial charge >= 0.3 is 0 Å². The first-order valence-corrected chi connectivity index (χ1v) is 11.1. The number of rotatable bonds is 5. The van der Waals surface area contributed by atoms with E-state index in [9.17, 15) is 9.59 Å². The number of aromatic nitrogens is 2. The number of carbonyl (C=O) groups excluding carboxylic acids is 1. The van der Waals surface area contributed by atoms with Gasteiger partial charge in [0, 0.05) is 21.6 Å². The Hall–Kier alpha value is -1.83. The van der Waals surface area contributed by atoms with Gasteiger partial charge in [-0.1, -0.05) is 29.4 Å². The lowest BCUT2D eigenvalue weighted by atomic mass is 10.2. The smallest absolute Gasteiger partial charge is 0.263 e. The molecule has 0 aliphatic carbocycles. The lowest BCUT2D eigenvalue weighted by Gasteiger charge is -2.15. The molecule has 148 valence electrons. The van der Waals surface area contributed by atoms with Crippen molar-refractivity contribution in [3.05, 3.63) is 49.6 Å². The molecule has 8 heteroatoms. The van der Waals surface area contributed by atoms with Crippen molar-refractivity contribution < 1.29 is 4.79 Å². The van der Waals surface area contributed by atoms with Crippen molar-refractivity contribution >= 4 is 56.5 Å². The van der Waals surface area contributed by atoms with Crippen LogP contribution in [-0.2, 0) is 4.79 Å². The van der Waals surface area contributed by atoms with E-state index in [1.807, 2.05) is 40.7 Å². The minimum atomic E-state index is -0.168. The molecule has 0 aliphatic heterocycles. The van der Waals surface area contributed by atoms with E-state index >= 15 is 0 Å². The average molecular weight is 436 g/mol. The second kappa shape index (κ2) is 8.27. The van der Waals surface area contributed by atoms with Gasteiger partial charge in [0.05, 0.1) is 11.1 Å². The van der Waals surface area contributed by atoms with Crippen LogP contribution in [0.5, 0.6) is 0 Å². The third kappa shape index (κ3) is 4.11. The van der Waals surface area contributed by atoms with E-state index in [2.05, 4.69) is 5.32 Å². The van der Waals surface area contributed by atoms with Crippen LogP contribution >= 0.6 is 34.7 Å². The molecule has 3 aromatic rings. The van der Waals surface area contributed by atoms with Crippen LogP contribution in [0.1, 0.15) is 35.9 Å². The minimum Gasteiger partial charge on any atom is -0.325 e. The molecule has 0 spiro atoms. The van der Waals surface area contributed by atoms with Gasteiger partial charge in [-0.15, -0.1) is 11.3 Å². The topological polar surface area (TPSA) is 64.0 Å². The molecule has 3 rings (SSSR count). The maximum Gasteiger partial charge on any atom is 0.263 e. The summed E-state index contributed by atoms with van der Waals surface area (Å²) in [5.41, 5.74) is 2.56. The number of halogens is 1. The molecule has 5 nitrogen and oxygen atoms in total. The quantitative estimate of drug-likeness (QED) is 0.433. The predicted octanol–water partition coefficient (Wildman–Crippen LogP) is 5.35. The SMILES string of the molecule is Cc1ccc(Cl)cc1NC(=O)CSc1nc2sc(C)c(C)c2c(=O)n1C(C)C. The van der Waals surface area contributed by atoms with Crippen molar-refractivity contribution in [2.75, 3.05) is 11.1 Å². The summed E-state index contributed by atoms with van der Waals surface area (Å²) >= 11 is 8.80. The van der Waals surface area contributed by atoms with Crippen molar-refractivity contribution in [1.82, 2.24) is 9.55 Å². The van der Waals surface area contributed by atoms with E-state index in [0.29, 0.717) is 21.3 Å². The highest BCUT2D eigenvalue weighted by atomic mass is 35.5. The number of hydrogen-bond donors (Lipinski definition) is 1. The number of benzene rings is 1. The third-order valence-corrected chi connectivity index (χ3v) is 6.81. The molecule has 28 heavy (non-hydrogen) atoms. The Morgan fingerprint density at radius 2 is 2.04 bits per heavy atom. The molecule has 0 aliphatic rings. The molecule has 0 saturated carbocycles. The number of nitrogens with one attached hydrogen (secondary N) is 1. The van der Waals surface area contributed by atoms with Crippen LogP contribution in [0.4, 0.5) is 5.69 Å². The van der Waals surface area contributed by atoms with Crippen molar-refractivity contribution in [3.63, 3.8) is 0 Å². The second-order valence-electron chi connectivity index (χ2n) is 6.92. The number of anilines is 1. The van der Waals surface area contributed by atoms with Crippen molar-refractivity contribution in [1.29, 1.82) is 0 Å². The van der Waals surface area contributed by atoms with Crippen LogP contribution in [0.15, 0.2) is 28.2 Å². The fraction of sp³-hybridized carbons (Fsp3) is 0.350. The van der Waals surface area contributed by atoms with Crippen LogP contribution in [0.3, 0.4) is 0 Å². The van der Waals surface area contributed by atoms with Crippen LogP contribution in [0.25, 0.3) is 10.2 Å². The van der Waals surface area contributed by atoms with Crippen LogP contribution in [0, 0.1) is 20.8 Å². The molecule has 1 amide bonds. The van der Waals surface area contributed by atoms with Crippen LogP contribution in [-0.4, -0.2) is 21.2 Å². The predicted molar refractivity (Wildman–Crippen MR) is 119 cm³/mol. The number of carbonyl (C=O) groups is 1. The van der Waals surface area contributed by atoms with Gasteiger partial charge in [0.1, 0.15) is 4.83 Å². The molecule has 2 heterocycles. The summed E-state index contributed by atoms with van der Waals surface area (Å²) in [6.07, 6.45) is 0. The van der Waals surface area contributed by atoms with Gasteiger partial charge in [0.2, 0.25) is 5.91 Å². The molecule has 0 fully saturated rings. The lowest BCUT2D eigenvalue weighted by Crippen LogP contribution is -2.25. The highest BCUT2D eigenvalue weighted by molar-refractivity contribution is 7.99. The van der Waals surface area contributed by atoms with Gasteiger partial charge in [0.15, 0.2) is 5.16 Å². The Balaban J connectivity index is 1.87. The Morgan fingerprint density at radius 3 is 2.71 bits per heavy atom. The Labute approximate surface area is 177 Å². The normalized spacial score (nSPS) is 11.4. The summed E-state index contributed by atoms with van der Waals surface area (Å²) in [5.74, 6) is -0.0153. The first kappa shape index (κ1) is 20.9. The highest BCUT2D eigenvalue weighted by Crippen LogP contribution is 2.29. The standard InChI is InChI=1S/C20H22ClN3O2S2/c1-10(2)24-19(26)17-12(4)13(5)28-18(17)23-20(24)27-9-16(25)22-15-8-14(21)7-6-11(15)3/h6-8,10H,9H2,1-5H3,(H,22,25). The first-order chi connectivity index (χ1) is 13.2. The number of amides is 1. The Kier molecular flexibility index (Phi) is 6.17. The van der Waals surface area contributed by atoms with E-state index in [0.717, 1.165) is 20.8 Å². The van der Waals surface area contributed by atoms with Crippen molar-refractivity contribution in [3.8, 4) is 0 Å². The van der Waals surface area contributed by atoms with Gasteiger partial charge in [-0.25, -0.2) is 4.98 Å². The second-order valence-corrected chi connectivity index (χ2v) is 9.50. The molecule has 1 aromatic carbocycles. The number of thioether (sulfide) groups is 1. The van der Waals surface area contributed by atoms with Crippen LogP contribution < -0.4 is 10.9 Å². The molecule has 0 bridgehead atoms. The summed E-state index contributed by atoms with van der Waals surface area (Å²) in [4.78, 5) is 32.0. The minimum absolute atomic E-state index is 0.0459. The molecular formula is C20H22ClN3O2S2. The van der Waals surface area contributed by atoms with Gasteiger partial charge < -0.3 is 5.32 Å². The number of fused-ring (bicyclic) bond motifs is 1. The summed E-state index contributed by atoms with van der Waals surface area (Å²) in [7, 11) is 0. The Morgan fingerprint density at radius 1 is 1.32 bits per heavy atom. The molecule has 0 saturated heterocycles. The van der Waals surface area contributed by atoms with Gasteiger partial charge in [-0.05, 0) is 57.9 Å². The molecular weight excluding hydrogens is 414 g/mol.